The van der Waals surface area contributed by atoms with Gasteiger partial charge in [0.1, 0.15) is 0 Å². The molecule has 1 aromatic carbocycles. The average Bonchev–Trinajstić information content (AvgIpc) is 3.16. The molecule has 2 aromatic heterocycles. The van der Waals surface area contributed by atoms with E-state index >= 15 is 0 Å². The van der Waals surface area contributed by atoms with E-state index in [4.69, 9.17) is 0 Å². The summed E-state index contributed by atoms with van der Waals surface area (Å²) in [6.45, 7) is 3.06. The van der Waals surface area contributed by atoms with Gasteiger partial charge in [0.05, 0.1) is 5.56 Å². The summed E-state index contributed by atoms with van der Waals surface area (Å²) in [5.41, 5.74) is 1.48. The summed E-state index contributed by atoms with van der Waals surface area (Å²) >= 11 is 1.67. The quantitative estimate of drug-likeness (QED) is 0.313. The van der Waals surface area contributed by atoms with Crippen LogP contribution in [0.3, 0.4) is 0 Å². The van der Waals surface area contributed by atoms with E-state index in [2.05, 4.69) is 15.1 Å². The fourth-order valence-electron chi connectivity index (χ4n) is 5.22. The van der Waals surface area contributed by atoms with E-state index in [1.165, 1.54) is 22.8 Å². The predicted octanol–water partition coefficient (Wildman–Crippen LogP) is 4.98. The minimum absolute atomic E-state index is 0. The van der Waals surface area contributed by atoms with Gasteiger partial charge in [0.15, 0.2) is 11.0 Å². The monoisotopic (exact) mass is 539 g/mol. The molecule has 1 aliphatic carbocycles. The summed E-state index contributed by atoms with van der Waals surface area (Å²) in [6.07, 6.45) is 0.678. The van der Waals surface area contributed by atoms with Crippen molar-refractivity contribution in [3.05, 3.63) is 64.1 Å². The zero-order valence-corrected chi connectivity index (χ0v) is 21.8. The summed E-state index contributed by atoms with van der Waals surface area (Å²) in [6, 6.07) is 9.03. The molecular formula is C25H29ClF3N5OS. The number of pyridine rings is 1. The van der Waals surface area contributed by atoms with Gasteiger partial charge in [-0.3, -0.25) is 4.79 Å². The lowest BCUT2D eigenvalue weighted by Gasteiger charge is -2.16. The van der Waals surface area contributed by atoms with Gasteiger partial charge in [0.25, 0.3) is 0 Å². The van der Waals surface area contributed by atoms with Crippen LogP contribution in [-0.2, 0) is 20.3 Å². The zero-order valence-electron chi connectivity index (χ0n) is 20.2. The van der Waals surface area contributed by atoms with Crippen molar-refractivity contribution < 1.29 is 13.2 Å². The number of halogens is 4. The first kappa shape index (κ1) is 26.8. The molecule has 11 heteroatoms. The molecule has 3 aromatic rings. The van der Waals surface area contributed by atoms with Crippen molar-refractivity contribution in [2.24, 2.45) is 19.5 Å². The van der Waals surface area contributed by atoms with E-state index < -0.39 is 11.7 Å². The number of aromatic nitrogens is 4. The molecule has 2 fully saturated rings. The molecule has 194 valence electrons. The van der Waals surface area contributed by atoms with Crippen LogP contribution in [0.1, 0.15) is 36.3 Å². The Hall–Kier alpha value is -2.30. The highest BCUT2D eigenvalue weighted by Crippen LogP contribution is 2.64. The van der Waals surface area contributed by atoms with Crippen LogP contribution in [0, 0.1) is 5.41 Å². The third-order valence-corrected chi connectivity index (χ3v) is 8.43. The number of alkyl halides is 3. The summed E-state index contributed by atoms with van der Waals surface area (Å²) in [7, 11) is 3.65. The lowest BCUT2D eigenvalue weighted by Crippen LogP contribution is -2.23. The molecule has 6 nitrogen and oxygen atoms in total. The Morgan fingerprint density at radius 3 is 2.56 bits per heavy atom. The van der Waals surface area contributed by atoms with Crippen LogP contribution in [-0.4, -0.2) is 49.6 Å². The van der Waals surface area contributed by atoms with Gasteiger partial charge in [0.2, 0.25) is 5.56 Å². The molecule has 0 radical (unpaired) electrons. The van der Waals surface area contributed by atoms with Crippen LogP contribution in [0.2, 0.25) is 0 Å². The molecule has 2 aliphatic rings. The molecule has 0 amide bonds. The van der Waals surface area contributed by atoms with Gasteiger partial charge in [-0.2, -0.15) is 13.2 Å². The number of thioether (sulfide) groups is 1. The summed E-state index contributed by atoms with van der Waals surface area (Å²) in [5.74, 6) is 2.02. The Labute approximate surface area is 218 Å². The van der Waals surface area contributed by atoms with Crippen molar-refractivity contribution in [3.63, 3.8) is 0 Å². The lowest BCUT2D eigenvalue weighted by atomic mass is 9.97. The van der Waals surface area contributed by atoms with E-state index in [-0.39, 0.29) is 23.4 Å². The van der Waals surface area contributed by atoms with Crippen molar-refractivity contribution in [2.45, 2.75) is 36.5 Å². The van der Waals surface area contributed by atoms with Gasteiger partial charge < -0.3 is 14.0 Å². The number of aryl methyl sites for hydroxylation is 1. The summed E-state index contributed by atoms with van der Waals surface area (Å²) in [5, 5.41) is 9.46. The first-order valence-electron chi connectivity index (χ1n) is 11.8. The third kappa shape index (κ3) is 5.35. The molecule has 1 saturated heterocycles. The number of hydrogen-bond acceptors (Lipinski definition) is 5. The first-order valence-corrected chi connectivity index (χ1v) is 12.7. The topological polar surface area (TPSA) is 56.0 Å². The maximum Gasteiger partial charge on any atom is 0.416 e. The highest BCUT2D eigenvalue weighted by atomic mass is 35.5. The Kier molecular flexibility index (Phi) is 7.60. The summed E-state index contributed by atoms with van der Waals surface area (Å²) < 4.78 is 42.0. The van der Waals surface area contributed by atoms with Crippen LogP contribution in [0.25, 0.3) is 11.4 Å². The van der Waals surface area contributed by atoms with Crippen molar-refractivity contribution >= 4 is 24.2 Å². The minimum atomic E-state index is -4.28. The Bertz CT molecular complexity index is 1280. The molecule has 0 unspecified atom stereocenters. The maximum absolute atomic E-state index is 12.8. The van der Waals surface area contributed by atoms with E-state index in [9.17, 15) is 18.0 Å². The Morgan fingerprint density at radius 2 is 1.86 bits per heavy atom. The van der Waals surface area contributed by atoms with Crippen LogP contribution >= 0.6 is 24.2 Å². The fraction of sp³-hybridized carbons (Fsp3) is 0.480. The van der Waals surface area contributed by atoms with Gasteiger partial charge in [-0.1, -0.05) is 23.9 Å². The molecule has 2 atom stereocenters. The van der Waals surface area contributed by atoms with Gasteiger partial charge in [-0.15, -0.1) is 22.6 Å². The Balaban J connectivity index is 0.00000304. The smallest absolute Gasteiger partial charge is 0.318 e. The number of hydrogen-bond donors (Lipinski definition) is 0. The van der Waals surface area contributed by atoms with Gasteiger partial charge in [-0.05, 0) is 67.4 Å². The van der Waals surface area contributed by atoms with Crippen molar-refractivity contribution in [2.75, 3.05) is 25.4 Å². The van der Waals surface area contributed by atoms with Crippen LogP contribution < -0.4 is 5.56 Å². The molecule has 1 aliphatic heterocycles. The standard InChI is InChI=1S/C25H28F3N5OS.ClH/c1-31-15-18(6-9-21(31)34)22-29-30-23(32(22)2)35-13-3-11-33-12-10-24(16-33)14-20(24)17-4-7-19(8-5-17)25(26,27)28;/h4-9,15,20H,3,10-14,16H2,1-2H3;1H/t20-,24+;/m1./s1. The second kappa shape index (κ2) is 10.2. The normalized spacial score (nSPS) is 21.6. The van der Waals surface area contributed by atoms with Crippen molar-refractivity contribution in [3.8, 4) is 11.4 Å². The number of nitrogens with zero attached hydrogens (tertiary/aromatic N) is 5. The van der Waals surface area contributed by atoms with Gasteiger partial charge in [0, 0.05) is 44.2 Å². The Morgan fingerprint density at radius 1 is 1.11 bits per heavy atom. The number of rotatable bonds is 7. The highest BCUT2D eigenvalue weighted by molar-refractivity contribution is 7.99. The number of likely N-dealkylation sites (tertiary alicyclic amines) is 1. The fourth-order valence-corrected chi connectivity index (χ4v) is 6.05. The molecule has 1 spiro atoms. The van der Waals surface area contributed by atoms with Gasteiger partial charge >= 0.3 is 6.18 Å². The predicted molar refractivity (Wildman–Crippen MR) is 137 cm³/mol. The van der Waals surface area contributed by atoms with Crippen LogP contribution in [0.15, 0.2) is 52.5 Å². The van der Waals surface area contributed by atoms with E-state index in [0.717, 1.165) is 66.8 Å². The van der Waals surface area contributed by atoms with E-state index in [1.807, 2.05) is 11.6 Å². The van der Waals surface area contributed by atoms with Crippen LogP contribution in [0.5, 0.6) is 0 Å². The zero-order chi connectivity index (χ0) is 24.8. The highest BCUT2D eigenvalue weighted by Gasteiger charge is 2.57. The SMILES string of the molecule is Cl.Cn1c(SCCCN2CC[C@]3(C[C@@H]3c3ccc(C(F)(F)F)cc3)C2)nnc1-c1ccc(=O)n(C)c1. The molecule has 0 bridgehead atoms. The molecular weight excluding hydrogens is 511 g/mol. The lowest BCUT2D eigenvalue weighted by molar-refractivity contribution is -0.137. The van der Waals surface area contributed by atoms with Crippen LogP contribution in [0.4, 0.5) is 13.2 Å². The first-order chi connectivity index (χ1) is 16.7. The molecule has 5 rings (SSSR count). The average molecular weight is 540 g/mol. The van der Waals surface area contributed by atoms with Crippen molar-refractivity contribution in [1.82, 2.24) is 24.2 Å². The summed E-state index contributed by atoms with van der Waals surface area (Å²) in [4.78, 5) is 14.1. The van der Waals surface area contributed by atoms with E-state index in [1.54, 1.807) is 43.2 Å². The third-order valence-electron chi connectivity index (χ3n) is 7.32. The van der Waals surface area contributed by atoms with Gasteiger partial charge in [-0.25, -0.2) is 0 Å². The second-order valence-corrected chi connectivity index (χ2v) is 10.8. The molecule has 1 saturated carbocycles. The minimum Gasteiger partial charge on any atom is -0.318 e. The largest absolute Gasteiger partial charge is 0.416 e. The molecule has 36 heavy (non-hydrogen) atoms. The number of benzene rings is 1. The maximum atomic E-state index is 12.8. The second-order valence-electron chi connectivity index (χ2n) is 9.70. The van der Waals surface area contributed by atoms with E-state index in [0.29, 0.717) is 5.92 Å². The van der Waals surface area contributed by atoms with Crippen molar-refractivity contribution in [1.29, 1.82) is 0 Å². The molecule has 3 heterocycles. The molecule has 0 N–H and O–H groups in total.